The van der Waals surface area contributed by atoms with Crippen molar-refractivity contribution in [1.82, 2.24) is 0 Å². The Hall–Kier alpha value is -2.86. The summed E-state index contributed by atoms with van der Waals surface area (Å²) < 4.78 is 0. The third-order valence-corrected chi connectivity index (χ3v) is 3.17. The van der Waals surface area contributed by atoms with E-state index in [-0.39, 0.29) is 16.5 Å². The quantitative estimate of drug-likeness (QED) is 0.456. The van der Waals surface area contributed by atoms with Gasteiger partial charge in [0.15, 0.2) is 0 Å². The molecule has 0 aliphatic rings. The van der Waals surface area contributed by atoms with E-state index >= 15 is 0 Å². The number of nitrogens with two attached hydrogens (primary N) is 2. The van der Waals surface area contributed by atoms with E-state index < -0.39 is 5.97 Å². The lowest BCUT2D eigenvalue weighted by Crippen LogP contribution is -2.21. The molecule has 0 fully saturated rings. The van der Waals surface area contributed by atoms with E-state index in [1.807, 2.05) is 24.3 Å². The van der Waals surface area contributed by atoms with Crippen LogP contribution in [0.4, 0.5) is 0 Å². The smallest absolute Gasteiger partial charge is 0.337 e. The van der Waals surface area contributed by atoms with E-state index in [2.05, 4.69) is 10.2 Å². The first-order chi connectivity index (χ1) is 10.5. The summed E-state index contributed by atoms with van der Waals surface area (Å²) in [6.45, 7) is 0. The van der Waals surface area contributed by atoms with Gasteiger partial charge in [0.1, 0.15) is 0 Å². The molecule has 0 saturated carbocycles. The number of carboxylic acid groups (broad SMARTS) is 1. The van der Waals surface area contributed by atoms with Crippen LogP contribution in [0.3, 0.4) is 0 Å². The topological polar surface area (TPSA) is 114 Å². The average Bonchev–Trinajstić information content (AvgIpc) is 2.48. The number of benzene rings is 2. The highest BCUT2D eigenvalue weighted by atomic mass is 35.5. The molecule has 0 saturated heterocycles. The molecule has 2 aromatic carbocycles. The molecule has 0 radical (unpaired) electrons. The Kier molecular flexibility index (Phi) is 4.75. The molecule has 6 nitrogen and oxygen atoms in total. The summed E-state index contributed by atoms with van der Waals surface area (Å²) in [4.78, 5) is 11.2. The standard InChI is InChI=1S/C15H13ClN4O2/c16-13-6-5-9(7-12(13)14(21)22)11-4-2-1-3-10(11)8-19-20-15(17)18/h1-8H,(H,21,22)(H4,17,18,20). The molecule has 7 heteroatoms. The van der Waals surface area contributed by atoms with Crippen molar-refractivity contribution in [3.8, 4) is 11.1 Å². The Morgan fingerprint density at radius 2 is 1.91 bits per heavy atom. The second-order valence-electron chi connectivity index (χ2n) is 4.36. The number of halogens is 1. The van der Waals surface area contributed by atoms with Crippen LogP contribution in [0.2, 0.25) is 5.02 Å². The number of carbonyl (C=O) groups is 1. The fourth-order valence-electron chi connectivity index (χ4n) is 1.89. The molecule has 0 atom stereocenters. The van der Waals surface area contributed by atoms with Crippen LogP contribution in [0.5, 0.6) is 0 Å². The van der Waals surface area contributed by atoms with Crippen molar-refractivity contribution >= 4 is 29.7 Å². The van der Waals surface area contributed by atoms with Gasteiger partial charge in [-0.2, -0.15) is 5.10 Å². The molecule has 0 heterocycles. The molecule has 0 amide bonds. The number of rotatable bonds is 4. The van der Waals surface area contributed by atoms with Crippen LogP contribution < -0.4 is 11.5 Å². The first-order valence-corrected chi connectivity index (χ1v) is 6.61. The highest BCUT2D eigenvalue weighted by Crippen LogP contribution is 2.27. The number of nitrogens with zero attached hydrogens (tertiary/aromatic N) is 2. The molecule has 0 bridgehead atoms. The molecular formula is C15H13ClN4O2. The van der Waals surface area contributed by atoms with Gasteiger partial charge in [0.25, 0.3) is 0 Å². The summed E-state index contributed by atoms with van der Waals surface area (Å²) >= 11 is 5.88. The van der Waals surface area contributed by atoms with E-state index in [1.165, 1.54) is 12.3 Å². The lowest BCUT2D eigenvalue weighted by molar-refractivity contribution is 0.0697. The minimum Gasteiger partial charge on any atom is -0.478 e. The van der Waals surface area contributed by atoms with E-state index in [1.54, 1.807) is 12.1 Å². The molecule has 0 unspecified atom stereocenters. The summed E-state index contributed by atoms with van der Waals surface area (Å²) in [6, 6.07) is 12.1. The van der Waals surface area contributed by atoms with Gasteiger partial charge in [-0.05, 0) is 23.3 Å². The Balaban J connectivity index is 2.50. The van der Waals surface area contributed by atoms with Crippen LogP contribution in [0.1, 0.15) is 15.9 Å². The van der Waals surface area contributed by atoms with E-state index in [4.69, 9.17) is 28.2 Å². The number of hydrogen-bond donors (Lipinski definition) is 3. The van der Waals surface area contributed by atoms with Crippen molar-refractivity contribution in [2.45, 2.75) is 0 Å². The van der Waals surface area contributed by atoms with Gasteiger partial charge in [0, 0.05) is 5.56 Å². The molecule has 0 aromatic heterocycles. The van der Waals surface area contributed by atoms with E-state index in [9.17, 15) is 4.79 Å². The highest BCUT2D eigenvalue weighted by molar-refractivity contribution is 6.33. The minimum atomic E-state index is -1.08. The summed E-state index contributed by atoms with van der Waals surface area (Å²) in [5.41, 5.74) is 12.7. The summed E-state index contributed by atoms with van der Waals surface area (Å²) in [5.74, 6) is -1.23. The van der Waals surface area contributed by atoms with Gasteiger partial charge < -0.3 is 16.6 Å². The number of aromatic carboxylic acids is 1. The Labute approximate surface area is 131 Å². The minimum absolute atomic E-state index is 0.0372. The zero-order chi connectivity index (χ0) is 16.1. The molecular weight excluding hydrogens is 304 g/mol. The van der Waals surface area contributed by atoms with Gasteiger partial charge >= 0.3 is 5.97 Å². The second-order valence-corrected chi connectivity index (χ2v) is 4.76. The zero-order valence-corrected chi connectivity index (χ0v) is 12.2. The molecule has 5 N–H and O–H groups in total. The van der Waals surface area contributed by atoms with Gasteiger partial charge in [-0.3, -0.25) is 0 Å². The van der Waals surface area contributed by atoms with Crippen molar-refractivity contribution in [2.24, 2.45) is 21.7 Å². The monoisotopic (exact) mass is 316 g/mol. The highest BCUT2D eigenvalue weighted by Gasteiger charge is 2.11. The normalized spacial score (nSPS) is 10.6. The molecule has 112 valence electrons. The maximum absolute atomic E-state index is 11.2. The van der Waals surface area contributed by atoms with Crippen LogP contribution in [-0.2, 0) is 0 Å². The van der Waals surface area contributed by atoms with Crippen molar-refractivity contribution in [2.75, 3.05) is 0 Å². The van der Waals surface area contributed by atoms with Crippen molar-refractivity contribution in [3.05, 3.63) is 58.6 Å². The largest absolute Gasteiger partial charge is 0.478 e. The Bertz CT molecular complexity index is 768. The van der Waals surface area contributed by atoms with Crippen molar-refractivity contribution < 1.29 is 9.90 Å². The Morgan fingerprint density at radius 3 is 2.59 bits per heavy atom. The van der Waals surface area contributed by atoms with Gasteiger partial charge in [-0.1, -0.05) is 41.9 Å². The molecule has 0 aliphatic carbocycles. The fourth-order valence-corrected chi connectivity index (χ4v) is 2.09. The third kappa shape index (κ3) is 3.62. The average molecular weight is 317 g/mol. The number of hydrogen-bond acceptors (Lipinski definition) is 3. The van der Waals surface area contributed by atoms with Crippen LogP contribution in [0.25, 0.3) is 11.1 Å². The molecule has 0 spiro atoms. The van der Waals surface area contributed by atoms with Gasteiger partial charge in [-0.25, -0.2) is 4.79 Å². The maximum atomic E-state index is 11.2. The summed E-state index contributed by atoms with van der Waals surface area (Å²) in [5, 5.41) is 16.6. The van der Waals surface area contributed by atoms with Crippen LogP contribution in [0, 0.1) is 0 Å². The molecule has 2 aromatic rings. The van der Waals surface area contributed by atoms with E-state index in [0.717, 1.165) is 11.1 Å². The maximum Gasteiger partial charge on any atom is 0.337 e. The van der Waals surface area contributed by atoms with Crippen LogP contribution in [-0.4, -0.2) is 23.2 Å². The molecule has 0 aliphatic heterocycles. The molecule has 22 heavy (non-hydrogen) atoms. The first-order valence-electron chi connectivity index (χ1n) is 6.23. The Morgan fingerprint density at radius 1 is 1.18 bits per heavy atom. The van der Waals surface area contributed by atoms with Gasteiger partial charge in [-0.15, -0.1) is 5.10 Å². The lowest BCUT2D eigenvalue weighted by atomic mass is 9.98. The molecule has 2 rings (SSSR count). The second kappa shape index (κ2) is 6.73. The predicted molar refractivity (Wildman–Crippen MR) is 87.3 cm³/mol. The third-order valence-electron chi connectivity index (χ3n) is 2.84. The van der Waals surface area contributed by atoms with Crippen molar-refractivity contribution in [3.63, 3.8) is 0 Å². The lowest BCUT2D eigenvalue weighted by Gasteiger charge is -2.07. The zero-order valence-electron chi connectivity index (χ0n) is 11.4. The van der Waals surface area contributed by atoms with E-state index in [0.29, 0.717) is 5.56 Å². The SMILES string of the molecule is NC(N)=NN=Cc1ccccc1-c1ccc(Cl)c(C(=O)O)c1. The van der Waals surface area contributed by atoms with Crippen LogP contribution in [0.15, 0.2) is 52.7 Å². The first kappa shape index (κ1) is 15.5. The predicted octanol–water partition coefficient (Wildman–Crippen LogP) is 2.31. The van der Waals surface area contributed by atoms with Gasteiger partial charge in [0.05, 0.1) is 16.8 Å². The van der Waals surface area contributed by atoms with Gasteiger partial charge in [0.2, 0.25) is 5.96 Å². The summed E-state index contributed by atoms with van der Waals surface area (Å²) in [6.07, 6.45) is 1.49. The van der Waals surface area contributed by atoms with Crippen molar-refractivity contribution in [1.29, 1.82) is 0 Å². The number of carboxylic acids is 1. The number of guanidine groups is 1. The fraction of sp³-hybridized carbons (Fsp3) is 0. The van der Waals surface area contributed by atoms with Crippen LogP contribution >= 0.6 is 11.6 Å². The summed E-state index contributed by atoms with van der Waals surface area (Å²) in [7, 11) is 0.